The highest BCUT2D eigenvalue weighted by molar-refractivity contribution is 7.18. The molecular weight excluding hydrogens is 262 g/mol. The van der Waals surface area contributed by atoms with Gasteiger partial charge in [0, 0.05) is 19.1 Å². The van der Waals surface area contributed by atoms with E-state index in [4.69, 9.17) is 5.73 Å². The number of nitrogens with one attached hydrogen (secondary N) is 1. The van der Waals surface area contributed by atoms with Gasteiger partial charge in [-0.15, -0.1) is 11.3 Å². The van der Waals surface area contributed by atoms with Crippen molar-refractivity contribution >= 4 is 27.9 Å². The summed E-state index contributed by atoms with van der Waals surface area (Å²) in [5.74, 6) is -0.0479. The minimum absolute atomic E-state index is 0.0479. The van der Waals surface area contributed by atoms with Gasteiger partial charge in [-0.3, -0.25) is 4.79 Å². The molecule has 1 aliphatic heterocycles. The van der Waals surface area contributed by atoms with E-state index < -0.39 is 0 Å². The number of rotatable bonds is 3. The zero-order valence-corrected chi connectivity index (χ0v) is 11.6. The van der Waals surface area contributed by atoms with Crippen molar-refractivity contribution in [2.45, 2.75) is 37.8 Å². The lowest BCUT2D eigenvalue weighted by molar-refractivity contribution is 0.0956. The third kappa shape index (κ3) is 2.84. The number of nitrogens with zero attached hydrogens (tertiary/aromatic N) is 1. The van der Waals surface area contributed by atoms with E-state index in [0.29, 0.717) is 16.6 Å². The monoisotopic (exact) mass is 281 g/mol. The molecule has 1 aliphatic carbocycles. The summed E-state index contributed by atoms with van der Waals surface area (Å²) in [4.78, 5) is 14.8. The van der Waals surface area contributed by atoms with Crippen LogP contribution in [0, 0.1) is 0 Å². The highest BCUT2D eigenvalue weighted by Crippen LogP contribution is 2.34. The Bertz CT molecular complexity index is 476. The fourth-order valence-electron chi connectivity index (χ4n) is 2.29. The van der Waals surface area contributed by atoms with Gasteiger partial charge in [-0.25, -0.2) is 0 Å². The number of hydrogen-bond donors (Lipinski definition) is 3. The normalized spacial score (nSPS) is 20.6. The molecule has 0 spiro atoms. The largest absolute Gasteiger partial charge is 0.397 e. The van der Waals surface area contributed by atoms with Crippen LogP contribution in [0.3, 0.4) is 0 Å². The van der Waals surface area contributed by atoms with Crippen molar-refractivity contribution in [3.8, 4) is 0 Å². The molecular formula is C13H19N3O2S. The average molecular weight is 281 g/mol. The van der Waals surface area contributed by atoms with Gasteiger partial charge >= 0.3 is 0 Å². The van der Waals surface area contributed by atoms with Gasteiger partial charge in [-0.05, 0) is 31.7 Å². The van der Waals surface area contributed by atoms with Crippen molar-refractivity contribution in [3.63, 3.8) is 0 Å². The van der Waals surface area contributed by atoms with E-state index in [9.17, 15) is 9.90 Å². The predicted molar refractivity (Wildman–Crippen MR) is 76.7 cm³/mol. The summed E-state index contributed by atoms with van der Waals surface area (Å²) in [5, 5.41) is 13.5. The summed E-state index contributed by atoms with van der Waals surface area (Å²) in [7, 11) is 0. The molecule has 6 heteroatoms. The third-order valence-electron chi connectivity index (χ3n) is 3.64. The van der Waals surface area contributed by atoms with Crippen molar-refractivity contribution in [2.75, 3.05) is 23.7 Å². The van der Waals surface area contributed by atoms with Crippen LogP contribution in [-0.4, -0.2) is 36.2 Å². The molecule has 1 aromatic heterocycles. The van der Waals surface area contributed by atoms with Crippen LogP contribution < -0.4 is 16.0 Å². The second kappa shape index (κ2) is 5.02. The molecule has 2 aliphatic rings. The Morgan fingerprint density at radius 1 is 1.37 bits per heavy atom. The summed E-state index contributed by atoms with van der Waals surface area (Å²) in [6, 6.07) is 2.23. The average Bonchev–Trinajstić information content (AvgIpc) is 3.11. The minimum Gasteiger partial charge on any atom is -0.397 e. The lowest BCUT2D eigenvalue weighted by Crippen LogP contribution is -2.35. The summed E-state index contributed by atoms with van der Waals surface area (Å²) < 4.78 is 0. The first kappa shape index (κ1) is 12.7. The topological polar surface area (TPSA) is 78.6 Å². The van der Waals surface area contributed by atoms with Gasteiger partial charge in [0.05, 0.1) is 16.8 Å². The van der Waals surface area contributed by atoms with Crippen molar-refractivity contribution in [3.05, 3.63) is 10.9 Å². The molecule has 1 saturated carbocycles. The quantitative estimate of drug-likeness (QED) is 0.777. The van der Waals surface area contributed by atoms with Crippen molar-refractivity contribution < 1.29 is 9.90 Å². The second-order valence-corrected chi connectivity index (χ2v) is 6.37. The van der Waals surface area contributed by atoms with Crippen molar-refractivity contribution in [1.82, 2.24) is 5.32 Å². The summed E-state index contributed by atoms with van der Waals surface area (Å²) in [6.07, 6.45) is 3.52. The molecule has 2 heterocycles. The van der Waals surface area contributed by atoms with Gasteiger partial charge < -0.3 is 21.1 Å². The van der Waals surface area contributed by atoms with Crippen LogP contribution in [0.4, 0.5) is 10.7 Å². The maximum absolute atomic E-state index is 12.0. The number of anilines is 2. The number of hydrogen-bond acceptors (Lipinski definition) is 5. The minimum atomic E-state index is -0.189. The van der Waals surface area contributed by atoms with Crippen molar-refractivity contribution in [2.24, 2.45) is 0 Å². The van der Waals surface area contributed by atoms with E-state index in [1.54, 1.807) is 0 Å². The summed E-state index contributed by atoms with van der Waals surface area (Å²) >= 11 is 1.45. The smallest absolute Gasteiger partial charge is 0.263 e. The van der Waals surface area contributed by atoms with Crippen LogP contribution in [0.25, 0.3) is 0 Å². The van der Waals surface area contributed by atoms with E-state index in [-0.39, 0.29) is 12.0 Å². The third-order valence-corrected chi connectivity index (χ3v) is 4.85. The second-order valence-electron chi connectivity index (χ2n) is 5.34. The van der Waals surface area contributed by atoms with Crippen LogP contribution in [0.15, 0.2) is 6.07 Å². The lowest BCUT2D eigenvalue weighted by atomic mass is 10.1. The molecule has 0 bridgehead atoms. The Balaban J connectivity index is 1.71. The standard InChI is InChI=1S/C13H19N3O2S/c14-10-7-11(16-5-3-9(17)4-6-16)19-12(10)13(18)15-8-1-2-8/h7-9,17H,1-6,14H2,(H,15,18). The number of carbonyl (C=O) groups is 1. The molecule has 1 aromatic rings. The lowest BCUT2D eigenvalue weighted by Gasteiger charge is -2.30. The van der Waals surface area contributed by atoms with Crippen molar-refractivity contribution in [1.29, 1.82) is 0 Å². The maximum atomic E-state index is 12.0. The first-order valence-corrected chi connectivity index (χ1v) is 7.58. The van der Waals surface area contributed by atoms with Gasteiger partial charge in [0.15, 0.2) is 0 Å². The van der Waals surface area contributed by atoms with Crippen LogP contribution in [-0.2, 0) is 0 Å². The summed E-state index contributed by atoms with van der Waals surface area (Å²) in [6.45, 7) is 1.65. The van der Waals surface area contributed by atoms with E-state index >= 15 is 0 Å². The SMILES string of the molecule is Nc1cc(N2CCC(O)CC2)sc1C(=O)NC1CC1. The van der Waals surface area contributed by atoms with Crippen LogP contribution in [0.5, 0.6) is 0 Å². The number of aliphatic hydroxyl groups is 1. The van der Waals surface area contributed by atoms with Gasteiger partial charge in [0.2, 0.25) is 0 Å². The summed E-state index contributed by atoms with van der Waals surface area (Å²) in [5.41, 5.74) is 6.51. The van der Waals surface area contributed by atoms with Gasteiger partial charge in [-0.1, -0.05) is 0 Å². The Labute approximate surface area is 116 Å². The van der Waals surface area contributed by atoms with E-state index in [0.717, 1.165) is 43.8 Å². The Morgan fingerprint density at radius 2 is 2.05 bits per heavy atom. The fraction of sp³-hybridized carbons (Fsp3) is 0.615. The van der Waals surface area contributed by atoms with Gasteiger partial charge in [0.1, 0.15) is 4.88 Å². The first-order chi connectivity index (χ1) is 9.13. The zero-order chi connectivity index (χ0) is 13.4. The molecule has 0 radical (unpaired) electrons. The van der Waals surface area contributed by atoms with Crippen LogP contribution in [0.2, 0.25) is 0 Å². The number of thiophene rings is 1. The number of aliphatic hydroxyl groups excluding tert-OH is 1. The number of carbonyl (C=O) groups excluding carboxylic acids is 1. The number of nitrogens with two attached hydrogens (primary N) is 1. The van der Waals surface area contributed by atoms with E-state index in [1.165, 1.54) is 11.3 Å². The van der Waals surface area contributed by atoms with Gasteiger partial charge in [0.25, 0.3) is 5.91 Å². The molecule has 0 atom stereocenters. The molecule has 104 valence electrons. The molecule has 4 N–H and O–H groups in total. The highest BCUT2D eigenvalue weighted by atomic mass is 32.1. The number of nitrogen functional groups attached to an aromatic ring is 1. The predicted octanol–water partition coefficient (Wildman–Crippen LogP) is 1.18. The van der Waals surface area contributed by atoms with E-state index in [1.807, 2.05) is 6.07 Å². The number of piperidine rings is 1. The zero-order valence-electron chi connectivity index (χ0n) is 10.8. The Morgan fingerprint density at radius 3 is 2.68 bits per heavy atom. The Hall–Kier alpha value is -1.27. The van der Waals surface area contributed by atoms with Crippen LogP contribution >= 0.6 is 11.3 Å². The molecule has 19 heavy (non-hydrogen) atoms. The maximum Gasteiger partial charge on any atom is 0.263 e. The molecule has 1 saturated heterocycles. The number of amides is 1. The van der Waals surface area contributed by atoms with Gasteiger partial charge in [-0.2, -0.15) is 0 Å². The van der Waals surface area contributed by atoms with Crippen LogP contribution in [0.1, 0.15) is 35.4 Å². The fourth-order valence-corrected chi connectivity index (χ4v) is 3.32. The molecule has 2 fully saturated rings. The molecule has 5 nitrogen and oxygen atoms in total. The molecule has 0 aromatic carbocycles. The van der Waals surface area contributed by atoms with E-state index in [2.05, 4.69) is 10.2 Å². The first-order valence-electron chi connectivity index (χ1n) is 6.76. The molecule has 3 rings (SSSR count). The highest BCUT2D eigenvalue weighted by Gasteiger charge is 2.27. The molecule has 1 amide bonds. The Kier molecular flexibility index (Phi) is 3.36. The molecule has 0 unspecified atom stereocenters.